The molecular weight excluding hydrogens is 268 g/mol. The Balaban J connectivity index is 0.000000704. The van der Waals surface area contributed by atoms with Crippen LogP contribution in [0.25, 0.3) is 22.2 Å². The zero-order valence-corrected chi connectivity index (χ0v) is 12.8. The standard InChI is InChI=1S/C15H13ClN2.C2H6/c1-18-14-7-6-13(17)8-11(14)9-15(18)10-2-4-12(16)5-3-10;1-2/h2-9H,17H2,1H3;1-2H3. The number of fused-ring (bicyclic) bond motifs is 1. The minimum absolute atomic E-state index is 0.752. The van der Waals surface area contributed by atoms with Gasteiger partial charge >= 0.3 is 0 Å². The number of nitrogens with two attached hydrogens (primary N) is 1. The van der Waals surface area contributed by atoms with Gasteiger partial charge in [-0.3, -0.25) is 0 Å². The highest BCUT2D eigenvalue weighted by Gasteiger charge is 2.07. The van der Waals surface area contributed by atoms with Crippen LogP contribution >= 0.6 is 11.6 Å². The zero-order chi connectivity index (χ0) is 14.7. The molecule has 3 aromatic rings. The van der Waals surface area contributed by atoms with E-state index in [1.165, 1.54) is 5.52 Å². The highest BCUT2D eigenvalue weighted by molar-refractivity contribution is 6.30. The highest BCUT2D eigenvalue weighted by atomic mass is 35.5. The van der Waals surface area contributed by atoms with Crippen LogP contribution in [0, 0.1) is 0 Å². The first-order valence-electron chi connectivity index (χ1n) is 6.76. The van der Waals surface area contributed by atoms with Crippen LogP contribution in [0.1, 0.15) is 13.8 Å². The van der Waals surface area contributed by atoms with Crippen LogP contribution in [-0.2, 0) is 7.05 Å². The summed E-state index contributed by atoms with van der Waals surface area (Å²) in [6.45, 7) is 4.00. The van der Waals surface area contributed by atoms with E-state index in [0.717, 1.165) is 27.4 Å². The van der Waals surface area contributed by atoms with Crippen molar-refractivity contribution in [2.24, 2.45) is 7.05 Å². The lowest BCUT2D eigenvalue weighted by Gasteiger charge is -2.04. The molecule has 1 heterocycles. The second kappa shape index (κ2) is 6.02. The van der Waals surface area contributed by atoms with Crippen LogP contribution in [0.2, 0.25) is 5.02 Å². The Morgan fingerprint density at radius 3 is 2.25 bits per heavy atom. The van der Waals surface area contributed by atoms with E-state index in [4.69, 9.17) is 17.3 Å². The highest BCUT2D eigenvalue weighted by Crippen LogP contribution is 2.29. The number of anilines is 1. The van der Waals surface area contributed by atoms with Gasteiger partial charge in [-0.1, -0.05) is 37.6 Å². The van der Waals surface area contributed by atoms with Crippen molar-refractivity contribution in [2.45, 2.75) is 13.8 Å². The van der Waals surface area contributed by atoms with Gasteiger partial charge in [-0.05, 0) is 42.0 Å². The van der Waals surface area contributed by atoms with Crippen LogP contribution < -0.4 is 5.73 Å². The summed E-state index contributed by atoms with van der Waals surface area (Å²) in [6.07, 6.45) is 0. The molecule has 0 aliphatic rings. The third-order valence-corrected chi connectivity index (χ3v) is 3.46. The first kappa shape index (κ1) is 14.5. The van der Waals surface area contributed by atoms with Gasteiger partial charge in [0.15, 0.2) is 0 Å². The summed E-state index contributed by atoms with van der Waals surface area (Å²) in [5.74, 6) is 0. The maximum Gasteiger partial charge on any atom is 0.0488 e. The zero-order valence-electron chi connectivity index (χ0n) is 12.0. The maximum absolute atomic E-state index is 5.92. The van der Waals surface area contributed by atoms with E-state index in [9.17, 15) is 0 Å². The lowest BCUT2D eigenvalue weighted by molar-refractivity contribution is 0.978. The SMILES string of the molecule is CC.Cn1c(-c2ccc(Cl)cc2)cc2cc(N)ccc21. The summed E-state index contributed by atoms with van der Waals surface area (Å²) in [7, 11) is 2.06. The number of hydrogen-bond acceptors (Lipinski definition) is 1. The van der Waals surface area contributed by atoms with E-state index in [-0.39, 0.29) is 0 Å². The van der Waals surface area contributed by atoms with E-state index in [1.54, 1.807) is 0 Å². The van der Waals surface area contributed by atoms with Crippen LogP contribution in [0.15, 0.2) is 48.5 Å². The van der Waals surface area contributed by atoms with Crippen molar-refractivity contribution in [1.29, 1.82) is 0 Å². The van der Waals surface area contributed by atoms with Crippen molar-refractivity contribution >= 4 is 28.2 Å². The number of rotatable bonds is 1. The molecule has 2 nitrogen and oxygen atoms in total. The molecule has 104 valence electrons. The fraction of sp³-hybridized carbons (Fsp3) is 0.176. The summed E-state index contributed by atoms with van der Waals surface area (Å²) in [5.41, 5.74) is 10.1. The Morgan fingerprint density at radius 2 is 1.60 bits per heavy atom. The van der Waals surface area contributed by atoms with Crippen molar-refractivity contribution in [2.75, 3.05) is 5.73 Å². The van der Waals surface area contributed by atoms with E-state index in [2.05, 4.69) is 17.7 Å². The van der Waals surface area contributed by atoms with Crippen LogP contribution in [0.5, 0.6) is 0 Å². The molecule has 0 atom stereocenters. The molecule has 0 radical (unpaired) electrons. The number of aryl methyl sites for hydroxylation is 1. The van der Waals surface area contributed by atoms with Crippen LogP contribution in [0.4, 0.5) is 5.69 Å². The molecule has 0 saturated carbocycles. The van der Waals surface area contributed by atoms with Crippen LogP contribution in [0.3, 0.4) is 0 Å². The molecule has 0 amide bonds. The molecule has 0 fully saturated rings. The lowest BCUT2D eigenvalue weighted by atomic mass is 10.1. The van der Waals surface area contributed by atoms with E-state index < -0.39 is 0 Å². The number of hydrogen-bond donors (Lipinski definition) is 1. The number of benzene rings is 2. The monoisotopic (exact) mass is 286 g/mol. The van der Waals surface area contributed by atoms with Crippen molar-refractivity contribution in [3.63, 3.8) is 0 Å². The molecule has 0 unspecified atom stereocenters. The van der Waals surface area contributed by atoms with Crippen molar-refractivity contribution in [1.82, 2.24) is 4.57 Å². The van der Waals surface area contributed by atoms with Gasteiger partial charge in [0.25, 0.3) is 0 Å². The molecule has 2 N–H and O–H groups in total. The second-order valence-electron chi connectivity index (χ2n) is 4.41. The topological polar surface area (TPSA) is 30.9 Å². The summed E-state index contributed by atoms with van der Waals surface area (Å²) < 4.78 is 2.16. The Hall–Kier alpha value is -1.93. The molecule has 3 rings (SSSR count). The van der Waals surface area contributed by atoms with E-state index >= 15 is 0 Å². The molecule has 0 spiro atoms. The molecule has 0 saturated heterocycles. The van der Waals surface area contributed by atoms with Gasteiger partial charge in [0.2, 0.25) is 0 Å². The van der Waals surface area contributed by atoms with E-state index in [0.29, 0.717) is 0 Å². The average molecular weight is 287 g/mol. The summed E-state index contributed by atoms with van der Waals surface area (Å²) in [5, 5.41) is 1.91. The molecule has 3 heteroatoms. The number of nitrogens with zero attached hydrogens (tertiary/aromatic N) is 1. The Bertz CT molecular complexity index is 712. The Labute approximate surface area is 124 Å². The van der Waals surface area contributed by atoms with E-state index in [1.807, 2.05) is 56.3 Å². The molecule has 2 aromatic carbocycles. The normalized spacial score (nSPS) is 10.2. The van der Waals surface area contributed by atoms with Gasteiger partial charge in [0.1, 0.15) is 0 Å². The van der Waals surface area contributed by atoms with Gasteiger partial charge in [0, 0.05) is 34.4 Å². The molecule has 0 aliphatic heterocycles. The minimum Gasteiger partial charge on any atom is -0.399 e. The molecule has 0 bridgehead atoms. The van der Waals surface area contributed by atoms with Gasteiger partial charge in [-0.25, -0.2) is 0 Å². The number of nitrogen functional groups attached to an aromatic ring is 1. The number of aromatic nitrogens is 1. The lowest BCUT2D eigenvalue weighted by Crippen LogP contribution is -1.91. The largest absolute Gasteiger partial charge is 0.399 e. The molecule has 1 aromatic heterocycles. The summed E-state index contributed by atoms with van der Waals surface area (Å²) in [6, 6.07) is 16.0. The average Bonchev–Trinajstić information content (AvgIpc) is 2.78. The summed E-state index contributed by atoms with van der Waals surface area (Å²) in [4.78, 5) is 0. The third kappa shape index (κ3) is 2.66. The predicted molar refractivity (Wildman–Crippen MR) is 89.1 cm³/mol. The third-order valence-electron chi connectivity index (χ3n) is 3.21. The Kier molecular flexibility index (Phi) is 4.35. The predicted octanol–water partition coefficient (Wildman–Crippen LogP) is 5.11. The fourth-order valence-corrected chi connectivity index (χ4v) is 2.39. The van der Waals surface area contributed by atoms with Gasteiger partial charge in [0.05, 0.1) is 0 Å². The second-order valence-corrected chi connectivity index (χ2v) is 4.85. The molecule has 0 aliphatic carbocycles. The molecule has 20 heavy (non-hydrogen) atoms. The van der Waals surface area contributed by atoms with Crippen molar-refractivity contribution < 1.29 is 0 Å². The summed E-state index contributed by atoms with van der Waals surface area (Å²) >= 11 is 5.92. The van der Waals surface area contributed by atoms with Gasteiger partial charge < -0.3 is 10.3 Å². The molecular formula is C17H19ClN2. The number of halogens is 1. The fourth-order valence-electron chi connectivity index (χ4n) is 2.27. The van der Waals surface area contributed by atoms with Crippen molar-refractivity contribution in [3.8, 4) is 11.3 Å². The van der Waals surface area contributed by atoms with Gasteiger partial charge in [-0.15, -0.1) is 0 Å². The van der Waals surface area contributed by atoms with Gasteiger partial charge in [-0.2, -0.15) is 0 Å². The first-order chi connectivity index (χ1) is 9.65. The maximum atomic E-state index is 5.92. The van der Waals surface area contributed by atoms with Crippen molar-refractivity contribution in [3.05, 3.63) is 53.6 Å². The Morgan fingerprint density at radius 1 is 0.950 bits per heavy atom. The smallest absolute Gasteiger partial charge is 0.0488 e. The quantitative estimate of drug-likeness (QED) is 0.619. The van der Waals surface area contributed by atoms with Crippen LogP contribution in [-0.4, -0.2) is 4.57 Å². The first-order valence-corrected chi connectivity index (χ1v) is 7.14. The minimum atomic E-state index is 0.752.